The molecule has 2 aliphatic rings. The van der Waals surface area contributed by atoms with Crippen LogP contribution in [0.3, 0.4) is 0 Å². The third kappa shape index (κ3) is 3.80. The summed E-state index contributed by atoms with van der Waals surface area (Å²) < 4.78 is 6.19. The van der Waals surface area contributed by atoms with E-state index in [1.807, 2.05) is 0 Å². The second-order valence-corrected chi connectivity index (χ2v) is 7.40. The van der Waals surface area contributed by atoms with Crippen LogP contribution in [0.5, 0.6) is 0 Å². The molecule has 3 unspecified atom stereocenters. The van der Waals surface area contributed by atoms with Gasteiger partial charge in [0.15, 0.2) is 0 Å². The lowest BCUT2D eigenvalue weighted by Crippen LogP contribution is -2.62. The smallest absolute Gasteiger partial charge is 0.0692 e. The van der Waals surface area contributed by atoms with Crippen LogP contribution in [-0.4, -0.2) is 48.3 Å². The third-order valence-electron chi connectivity index (χ3n) is 5.99. The van der Waals surface area contributed by atoms with Crippen molar-refractivity contribution in [3.05, 3.63) is 0 Å². The molecule has 2 rings (SSSR count). The summed E-state index contributed by atoms with van der Waals surface area (Å²) in [5.41, 5.74) is 0.138. The Labute approximate surface area is 131 Å². The van der Waals surface area contributed by atoms with Crippen molar-refractivity contribution < 1.29 is 4.74 Å². The molecule has 0 aliphatic carbocycles. The number of ether oxygens (including phenoxy) is 1. The molecule has 3 nitrogen and oxygen atoms in total. The Morgan fingerprint density at radius 1 is 1.24 bits per heavy atom. The van der Waals surface area contributed by atoms with Crippen molar-refractivity contribution in [3.8, 4) is 0 Å². The molecule has 0 aromatic rings. The molecule has 3 heteroatoms. The molecule has 0 bridgehead atoms. The van der Waals surface area contributed by atoms with Crippen molar-refractivity contribution in [2.75, 3.05) is 19.7 Å². The fraction of sp³-hybridized carbons (Fsp3) is 1.00. The maximum absolute atomic E-state index is 6.19. The highest BCUT2D eigenvalue weighted by Gasteiger charge is 2.40. The largest absolute Gasteiger partial charge is 0.375 e. The molecule has 0 aromatic carbocycles. The number of hydrogen-bond donors (Lipinski definition) is 1. The van der Waals surface area contributed by atoms with Crippen molar-refractivity contribution in [1.82, 2.24) is 10.2 Å². The van der Waals surface area contributed by atoms with E-state index >= 15 is 0 Å². The van der Waals surface area contributed by atoms with Crippen LogP contribution in [0, 0.1) is 5.92 Å². The fourth-order valence-corrected chi connectivity index (χ4v) is 4.15. The van der Waals surface area contributed by atoms with Gasteiger partial charge in [-0.15, -0.1) is 0 Å². The first kappa shape index (κ1) is 17.2. The average molecular weight is 296 g/mol. The van der Waals surface area contributed by atoms with Gasteiger partial charge in [-0.2, -0.15) is 0 Å². The molecule has 2 fully saturated rings. The highest BCUT2D eigenvalue weighted by molar-refractivity contribution is 4.95. The molecule has 0 amide bonds. The summed E-state index contributed by atoms with van der Waals surface area (Å²) >= 11 is 0. The van der Waals surface area contributed by atoms with Crippen LogP contribution in [0.25, 0.3) is 0 Å². The van der Waals surface area contributed by atoms with E-state index in [9.17, 15) is 0 Å². The molecule has 2 saturated heterocycles. The number of hydrogen-bond acceptors (Lipinski definition) is 3. The molecule has 0 radical (unpaired) electrons. The minimum Gasteiger partial charge on any atom is -0.375 e. The number of nitrogens with zero attached hydrogens (tertiary/aromatic N) is 1. The van der Waals surface area contributed by atoms with Crippen molar-refractivity contribution in [2.45, 2.75) is 90.4 Å². The van der Waals surface area contributed by atoms with Gasteiger partial charge in [0.05, 0.1) is 5.60 Å². The lowest BCUT2D eigenvalue weighted by molar-refractivity contribution is -0.119. The Hall–Kier alpha value is -0.120. The first-order valence-electron chi connectivity index (χ1n) is 9.18. The average Bonchev–Trinajstić information content (AvgIpc) is 2.54. The predicted octanol–water partition coefficient (Wildman–Crippen LogP) is 3.43. The molecule has 2 aliphatic heterocycles. The van der Waals surface area contributed by atoms with Gasteiger partial charge < -0.3 is 10.1 Å². The Morgan fingerprint density at radius 2 is 1.95 bits per heavy atom. The lowest BCUT2D eigenvalue weighted by atomic mass is 9.83. The van der Waals surface area contributed by atoms with E-state index in [0.29, 0.717) is 24.0 Å². The standard InChI is InChI=1S/C18H36N2O/c1-6-15-12-19-17(14(4)5)13-20(15)16-9-10-21-18(7-2,8-3)11-16/h14-17,19H,6-13H2,1-5H3. The van der Waals surface area contributed by atoms with E-state index in [-0.39, 0.29) is 5.60 Å². The summed E-state index contributed by atoms with van der Waals surface area (Å²) in [6.45, 7) is 14.9. The molecular formula is C18H36N2O. The van der Waals surface area contributed by atoms with Gasteiger partial charge in [0.2, 0.25) is 0 Å². The number of rotatable bonds is 5. The van der Waals surface area contributed by atoms with E-state index in [1.165, 1.54) is 25.8 Å². The summed E-state index contributed by atoms with van der Waals surface area (Å²) in [5, 5.41) is 3.76. The van der Waals surface area contributed by atoms with Crippen molar-refractivity contribution in [1.29, 1.82) is 0 Å². The molecule has 2 heterocycles. The Morgan fingerprint density at radius 3 is 2.52 bits per heavy atom. The molecule has 0 spiro atoms. The van der Waals surface area contributed by atoms with E-state index in [4.69, 9.17) is 4.74 Å². The lowest BCUT2D eigenvalue weighted by Gasteiger charge is -2.50. The summed E-state index contributed by atoms with van der Waals surface area (Å²) in [5.74, 6) is 0.715. The highest BCUT2D eigenvalue weighted by Crippen LogP contribution is 2.35. The first-order valence-corrected chi connectivity index (χ1v) is 9.18. The summed E-state index contributed by atoms with van der Waals surface area (Å²) in [7, 11) is 0. The van der Waals surface area contributed by atoms with E-state index in [2.05, 4.69) is 44.8 Å². The van der Waals surface area contributed by atoms with E-state index in [0.717, 1.165) is 26.0 Å². The zero-order valence-electron chi connectivity index (χ0n) is 14.8. The summed E-state index contributed by atoms with van der Waals surface area (Å²) in [6, 6.07) is 2.06. The van der Waals surface area contributed by atoms with Gasteiger partial charge in [0.1, 0.15) is 0 Å². The van der Waals surface area contributed by atoms with Crippen LogP contribution in [0.4, 0.5) is 0 Å². The minimum atomic E-state index is 0.138. The van der Waals surface area contributed by atoms with Crippen LogP contribution in [0.2, 0.25) is 0 Å². The topological polar surface area (TPSA) is 24.5 Å². The fourth-order valence-electron chi connectivity index (χ4n) is 4.15. The Balaban J connectivity index is 2.08. The molecule has 124 valence electrons. The van der Waals surface area contributed by atoms with Gasteiger partial charge in [0.25, 0.3) is 0 Å². The molecule has 0 saturated carbocycles. The molecule has 3 atom stereocenters. The third-order valence-corrected chi connectivity index (χ3v) is 5.99. The normalized spacial score (nSPS) is 34.3. The molecule has 21 heavy (non-hydrogen) atoms. The monoisotopic (exact) mass is 296 g/mol. The molecule has 0 aromatic heterocycles. The molecular weight excluding hydrogens is 260 g/mol. The maximum atomic E-state index is 6.19. The van der Waals surface area contributed by atoms with Crippen LogP contribution in [-0.2, 0) is 4.74 Å². The van der Waals surface area contributed by atoms with Crippen LogP contribution in [0.1, 0.15) is 66.7 Å². The Kier molecular flexibility index (Phi) is 6.10. The first-order chi connectivity index (χ1) is 10.0. The van der Waals surface area contributed by atoms with E-state index in [1.54, 1.807) is 0 Å². The SMILES string of the molecule is CCC1CNC(C(C)C)CN1C1CCOC(CC)(CC)C1. The summed E-state index contributed by atoms with van der Waals surface area (Å²) in [4.78, 5) is 2.82. The number of piperazine rings is 1. The van der Waals surface area contributed by atoms with Gasteiger partial charge in [-0.1, -0.05) is 34.6 Å². The van der Waals surface area contributed by atoms with Gasteiger partial charge in [0, 0.05) is 37.8 Å². The zero-order valence-corrected chi connectivity index (χ0v) is 14.8. The van der Waals surface area contributed by atoms with Crippen LogP contribution < -0.4 is 5.32 Å². The van der Waals surface area contributed by atoms with Gasteiger partial charge >= 0.3 is 0 Å². The maximum Gasteiger partial charge on any atom is 0.0692 e. The number of nitrogens with one attached hydrogen (secondary N) is 1. The van der Waals surface area contributed by atoms with Gasteiger partial charge in [-0.05, 0) is 38.0 Å². The van der Waals surface area contributed by atoms with Crippen LogP contribution in [0.15, 0.2) is 0 Å². The van der Waals surface area contributed by atoms with E-state index < -0.39 is 0 Å². The molecule has 1 N–H and O–H groups in total. The van der Waals surface area contributed by atoms with Crippen molar-refractivity contribution >= 4 is 0 Å². The predicted molar refractivity (Wildman–Crippen MR) is 89.7 cm³/mol. The minimum absolute atomic E-state index is 0.138. The zero-order chi connectivity index (χ0) is 15.5. The van der Waals surface area contributed by atoms with Gasteiger partial charge in [-0.3, -0.25) is 4.90 Å². The highest BCUT2D eigenvalue weighted by atomic mass is 16.5. The van der Waals surface area contributed by atoms with Crippen molar-refractivity contribution in [2.24, 2.45) is 5.92 Å². The van der Waals surface area contributed by atoms with Crippen LogP contribution >= 0.6 is 0 Å². The van der Waals surface area contributed by atoms with Gasteiger partial charge in [-0.25, -0.2) is 0 Å². The van der Waals surface area contributed by atoms with Crippen molar-refractivity contribution in [3.63, 3.8) is 0 Å². The summed E-state index contributed by atoms with van der Waals surface area (Å²) in [6.07, 6.45) is 5.98. The quantitative estimate of drug-likeness (QED) is 0.841. The second kappa shape index (κ2) is 7.43. The second-order valence-electron chi connectivity index (χ2n) is 7.40. The Bertz CT molecular complexity index is 314.